The van der Waals surface area contributed by atoms with Gasteiger partial charge in [0.2, 0.25) is 0 Å². The molecule has 0 aromatic heterocycles. The molecular formula is C12H19N3. The highest BCUT2D eigenvalue weighted by Gasteiger charge is 2.03. The maximum Gasteiger partial charge on any atom is 0.0571 e. The van der Waals surface area contributed by atoms with E-state index in [4.69, 9.17) is 11.6 Å². The van der Waals surface area contributed by atoms with Crippen molar-refractivity contribution in [1.29, 1.82) is 0 Å². The molecule has 0 saturated carbocycles. The van der Waals surface area contributed by atoms with Gasteiger partial charge in [0.15, 0.2) is 0 Å². The Bertz CT molecular complexity index is 345. The zero-order valence-electron chi connectivity index (χ0n) is 9.40. The van der Waals surface area contributed by atoms with Gasteiger partial charge in [-0.25, -0.2) is 5.84 Å². The SMILES string of the molecule is C/C=C\N(N)c1ccc(CN)c(CC)c1. The Labute approximate surface area is 91.3 Å². The summed E-state index contributed by atoms with van der Waals surface area (Å²) in [5, 5.41) is 1.61. The Balaban J connectivity index is 3.02. The fourth-order valence-corrected chi connectivity index (χ4v) is 1.55. The van der Waals surface area contributed by atoms with Gasteiger partial charge in [0, 0.05) is 12.7 Å². The van der Waals surface area contributed by atoms with Gasteiger partial charge in [-0.3, -0.25) is 5.01 Å². The van der Waals surface area contributed by atoms with Crippen molar-refractivity contribution in [3.63, 3.8) is 0 Å². The summed E-state index contributed by atoms with van der Waals surface area (Å²) in [6.45, 7) is 4.64. The molecule has 3 heteroatoms. The summed E-state index contributed by atoms with van der Waals surface area (Å²) < 4.78 is 0. The Morgan fingerprint density at radius 1 is 1.33 bits per heavy atom. The monoisotopic (exact) mass is 205 g/mol. The smallest absolute Gasteiger partial charge is 0.0571 e. The van der Waals surface area contributed by atoms with Gasteiger partial charge in [-0.2, -0.15) is 0 Å². The largest absolute Gasteiger partial charge is 0.326 e. The lowest BCUT2D eigenvalue weighted by molar-refractivity contribution is 0.991. The number of hydrazine groups is 1. The van der Waals surface area contributed by atoms with E-state index in [0.717, 1.165) is 12.1 Å². The third kappa shape index (κ3) is 2.81. The van der Waals surface area contributed by atoms with Crippen molar-refractivity contribution in [3.8, 4) is 0 Å². The topological polar surface area (TPSA) is 55.3 Å². The third-order valence-electron chi connectivity index (χ3n) is 2.40. The number of allylic oxidation sites excluding steroid dienone is 1. The number of hydrogen-bond acceptors (Lipinski definition) is 3. The Kier molecular flexibility index (Phi) is 4.34. The molecule has 0 unspecified atom stereocenters. The van der Waals surface area contributed by atoms with Gasteiger partial charge in [-0.15, -0.1) is 0 Å². The van der Waals surface area contributed by atoms with Crippen LogP contribution in [0.15, 0.2) is 30.5 Å². The lowest BCUT2D eigenvalue weighted by Crippen LogP contribution is -2.24. The van der Waals surface area contributed by atoms with Crippen molar-refractivity contribution in [1.82, 2.24) is 0 Å². The first kappa shape index (κ1) is 11.8. The summed E-state index contributed by atoms with van der Waals surface area (Å²) in [5.74, 6) is 5.84. The van der Waals surface area contributed by atoms with E-state index in [2.05, 4.69) is 13.0 Å². The van der Waals surface area contributed by atoms with Gasteiger partial charge >= 0.3 is 0 Å². The van der Waals surface area contributed by atoms with Crippen molar-refractivity contribution in [2.45, 2.75) is 26.8 Å². The molecule has 0 amide bonds. The summed E-state index contributed by atoms with van der Waals surface area (Å²) in [6, 6.07) is 6.11. The van der Waals surface area contributed by atoms with E-state index < -0.39 is 0 Å². The van der Waals surface area contributed by atoms with Crippen LogP contribution in [-0.2, 0) is 13.0 Å². The first-order chi connectivity index (χ1) is 7.22. The van der Waals surface area contributed by atoms with E-state index in [9.17, 15) is 0 Å². The maximum absolute atomic E-state index is 5.84. The second-order valence-electron chi connectivity index (χ2n) is 3.40. The number of anilines is 1. The van der Waals surface area contributed by atoms with E-state index >= 15 is 0 Å². The molecule has 0 aliphatic heterocycles. The molecule has 0 bridgehead atoms. The number of aryl methyl sites for hydroxylation is 1. The third-order valence-corrected chi connectivity index (χ3v) is 2.40. The average molecular weight is 205 g/mol. The highest BCUT2D eigenvalue weighted by atomic mass is 15.4. The van der Waals surface area contributed by atoms with Crippen molar-refractivity contribution in [3.05, 3.63) is 41.6 Å². The normalized spacial score (nSPS) is 10.9. The lowest BCUT2D eigenvalue weighted by atomic mass is 10.0. The summed E-state index contributed by atoms with van der Waals surface area (Å²) in [4.78, 5) is 0. The minimum atomic E-state index is 0.581. The summed E-state index contributed by atoms with van der Waals surface area (Å²) in [6.07, 6.45) is 4.71. The van der Waals surface area contributed by atoms with Crippen molar-refractivity contribution in [2.24, 2.45) is 11.6 Å². The minimum absolute atomic E-state index is 0.581. The van der Waals surface area contributed by atoms with E-state index in [1.807, 2.05) is 31.3 Å². The molecule has 1 rings (SSSR count). The van der Waals surface area contributed by atoms with Gasteiger partial charge in [-0.05, 0) is 36.6 Å². The molecule has 0 spiro atoms. The van der Waals surface area contributed by atoms with Crippen LogP contribution < -0.4 is 16.6 Å². The quantitative estimate of drug-likeness (QED) is 0.583. The van der Waals surface area contributed by atoms with Crippen molar-refractivity contribution >= 4 is 5.69 Å². The first-order valence-corrected chi connectivity index (χ1v) is 5.21. The zero-order valence-corrected chi connectivity index (χ0v) is 9.40. The van der Waals surface area contributed by atoms with Crippen molar-refractivity contribution < 1.29 is 0 Å². The number of benzene rings is 1. The van der Waals surface area contributed by atoms with Crippen LogP contribution in [0.2, 0.25) is 0 Å². The fraction of sp³-hybridized carbons (Fsp3) is 0.333. The molecular weight excluding hydrogens is 186 g/mol. The average Bonchev–Trinajstić information content (AvgIpc) is 2.28. The maximum atomic E-state index is 5.84. The van der Waals surface area contributed by atoms with Gasteiger partial charge < -0.3 is 5.73 Å². The molecule has 82 valence electrons. The molecule has 15 heavy (non-hydrogen) atoms. The molecule has 0 aliphatic carbocycles. The Morgan fingerprint density at radius 2 is 2.07 bits per heavy atom. The summed E-state index contributed by atoms with van der Waals surface area (Å²) >= 11 is 0. The van der Waals surface area contributed by atoms with Gasteiger partial charge in [0.05, 0.1) is 5.69 Å². The van der Waals surface area contributed by atoms with Crippen molar-refractivity contribution in [2.75, 3.05) is 5.01 Å². The molecule has 1 aromatic rings. The zero-order chi connectivity index (χ0) is 11.3. The summed E-state index contributed by atoms with van der Waals surface area (Å²) in [7, 11) is 0. The van der Waals surface area contributed by atoms with E-state index in [0.29, 0.717) is 6.54 Å². The van der Waals surface area contributed by atoms with Crippen LogP contribution in [0.25, 0.3) is 0 Å². The molecule has 0 fully saturated rings. The van der Waals surface area contributed by atoms with Gasteiger partial charge in [-0.1, -0.05) is 19.1 Å². The molecule has 3 nitrogen and oxygen atoms in total. The van der Waals surface area contributed by atoms with Crippen LogP contribution in [0, 0.1) is 0 Å². The van der Waals surface area contributed by atoms with Crippen LogP contribution in [0.1, 0.15) is 25.0 Å². The number of nitrogens with two attached hydrogens (primary N) is 2. The van der Waals surface area contributed by atoms with Crippen LogP contribution in [0.3, 0.4) is 0 Å². The second kappa shape index (κ2) is 5.53. The molecule has 1 aromatic carbocycles. The van der Waals surface area contributed by atoms with Gasteiger partial charge in [0.25, 0.3) is 0 Å². The standard InChI is InChI=1S/C12H19N3/c1-3-7-15(14)12-6-5-11(9-13)10(4-2)8-12/h3,5-8H,4,9,13-14H2,1-2H3/b7-3-. The molecule has 0 atom stereocenters. The number of nitrogens with zero attached hydrogens (tertiary/aromatic N) is 1. The Hall–Kier alpha value is -1.32. The van der Waals surface area contributed by atoms with Gasteiger partial charge in [0.1, 0.15) is 0 Å². The van der Waals surface area contributed by atoms with Crippen LogP contribution in [0.4, 0.5) is 5.69 Å². The minimum Gasteiger partial charge on any atom is -0.326 e. The van der Waals surface area contributed by atoms with Crippen LogP contribution in [-0.4, -0.2) is 0 Å². The molecule has 0 heterocycles. The van der Waals surface area contributed by atoms with E-state index in [1.165, 1.54) is 11.1 Å². The predicted octanol–water partition coefficient (Wildman–Crippen LogP) is 1.92. The van der Waals surface area contributed by atoms with Crippen LogP contribution in [0.5, 0.6) is 0 Å². The highest BCUT2D eigenvalue weighted by molar-refractivity contribution is 5.51. The molecule has 0 aliphatic rings. The highest BCUT2D eigenvalue weighted by Crippen LogP contribution is 2.18. The number of hydrogen-bond donors (Lipinski definition) is 2. The second-order valence-corrected chi connectivity index (χ2v) is 3.40. The Morgan fingerprint density at radius 3 is 2.60 bits per heavy atom. The van der Waals surface area contributed by atoms with Crippen LogP contribution >= 0.6 is 0 Å². The molecule has 4 N–H and O–H groups in total. The number of rotatable bonds is 4. The van der Waals surface area contributed by atoms with E-state index in [-0.39, 0.29) is 0 Å². The molecule has 0 saturated heterocycles. The molecule has 0 radical (unpaired) electrons. The first-order valence-electron chi connectivity index (χ1n) is 5.21. The van der Waals surface area contributed by atoms with E-state index in [1.54, 1.807) is 5.01 Å². The fourth-order valence-electron chi connectivity index (χ4n) is 1.55. The predicted molar refractivity (Wildman–Crippen MR) is 65.2 cm³/mol. The summed E-state index contributed by atoms with van der Waals surface area (Å²) in [5.41, 5.74) is 9.09. The lowest BCUT2D eigenvalue weighted by Gasteiger charge is -2.16.